The summed E-state index contributed by atoms with van der Waals surface area (Å²) >= 11 is 1.75. The maximum atomic E-state index is 4.46. The van der Waals surface area contributed by atoms with Gasteiger partial charge < -0.3 is 0 Å². The topological polar surface area (TPSA) is 25.2 Å². The third kappa shape index (κ3) is 1.80. The molecule has 0 aromatic carbocycles. The molecule has 0 atom stereocenters. The molecule has 0 spiro atoms. The highest BCUT2D eigenvalue weighted by Gasteiger charge is 2.13. The fraction of sp³-hybridized carbons (Fsp3) is 0.200. The van der Waals surface area contributed by atoms with Crippen LogP contribution in [0.3, 0.4) is 0 Å². The fourth-order valence-corrected chi connectivity index (χ4v) is 2.07. The minimum absolute atomic E-state index is 0.975. The van der Waals surface area contributed by atoms with Crippen molar-refractivity contribution in [2.45, 2.75) is 6.92 Å². The number of allylic oxidation sites excluding steroid dienone is 1. The van der Waals surface area contributed by atoms with Crippen LogP contribution in [0.1, 0.15) is 12.6 Å². The number of rotatable bonds is 1. The summed E-state index contributed by atoms with van der Waals surface area (Å²) in [6.07, 6.45) is 3.84. The summed E-state index contributed by atoms with van der Waals surface area (Å²) in [5.74, 6) is 0.975. The third-order valence-electron chi connectivity index (χ3n) is 1.82. The lowest BCUT2D eigenvalue weighted by molar-refractivity contribution is 1.28. The summed E-state index contributed by atoms with van der Waals surface area (Å²) in [7, 11) is 0. The number of aromatic nitrogens is 1. The molecule has 1 aromatic rings. The van der Waals surface area contributed by atoms with Gasteiger partial charge in [-0.15, -0.1) is 0 Å². The molecule has 1 aliphatic heterocycles. The Balaban J connectivity index is 2.30. The first kappa shape index (κ1) is 8.51. The molecule has 0 N–H and O–H groups in total. The molecule has 1 aromatic heterocycles. The lowest BCUT2D eigenvalue weighted by atomic mass is 10.4. The zero-order chi connectivity index (χ0) is 9.10. The van der Waals surface area contributed by atoms with Crippen molar-refractivity contribution in [3.63, 3.8) is 0 Å². The van der Waals surface area contributed by atoms with Crippen molar-refractivity contribution in [3.05, 3.63) is 41.9 Å². The van der Waals surface area contributed by atoms with Crippen molar-refractivity contribution in [2.24, 2.45) is 4.99 Å². The molecule has 66 valence electrons. The van der Waals surface area contributed by atoms with E-state index in [1.165, 1.54) is 0 Å². The second-order valence-electron chi connectivity index (χ2n) is 2.70. The molecule has 3 heteroatoms. The van der Waals surface area contributed by atoms with E-state index < -0.39 is 0 Å². The zero-order valence-electron chi connectivity index (χ0n) is 7.40. The van der Waals surface area contributed by atoms with E-state index in [-0.39, 0.29) is 0 Å². The Hall–Kier alpha value is -1.09. The molecular formula is C10H10N2S. The number of aliphatic imine (C=N–C) groups is 1. The lowest BCUT2D eigenvalue weighted by Crippen LogP contribution is -1.93. The van der Waals surface area contributed by atoms with Gasteiger partial charge in [0, 0.05) is 17.6 Å². The van der Waals surface area contributed by atoms with Crippen molar-refractivity contribution < 1.29 is 0 Å². The monoisotopic (exact) mass is 190 g/mol. The smallest absolute Gasteiger partial charge is 0.122 e. The molecule has 1 aliphatic rings. The number of nitrogens with zero attached hydrogens (tertiary/aromatic N) is 2. The van der Waals surface area contributed by atoms with E-state index in [1.807, 2.05) is 31.2 Å². The molecule has 0 amide bonds. The molecule has 13 heavy (non-hydrogen) atoms. The Morgan fingerprint density at radius 3 is 3.00 bits per heavy atom. The minimum Gasteiger partial charge on any atom is -0.254 e. The van der Waals surface area contributed by atoms with Crippen molar-refractivity contribution in [2.75, 3.05) is 5.75 Å². The van der Waals surface area contributed by atoms with Crippen LogP contribution in [0.2, 0.25) is 0 Å². The molecule has 0 saturated carbocycles. The van der Waals surface area contributed by atoms with Crippen LogP contribution in [0.25, 0.3) is 0 Å². The summed E-state index contributed by atoms with van der Waals surface area (Å²) in [4.78, 5) is 8.71. The molecule has 0 unspecified atom stereocenters. The predicted molar refractivity (Wildman–Crippen MR) is 57.0 cm³/mol. The van der Waals surface area contributed by atoms with Crippen LogP contribution in [0.15, 0.2) is 41.2 Å². The molecule has 2 heterocycles. The highest BCUT2D eigenvalue weighted by Crippen LogP contribution is 2.24. The summed E-state index contributed by atoms with van der Waals surface area (Å²) in [5, 5.41) is 1.04. The van der Waals surface area contributed by atoms with Gasteiger partial charge in [-0.2, -0.15) is 0 Å². The SMILES string of the molecule is C/C=C1/CSC(c2ccccn2)=N1. The van der Waals surface area contributed by atoms with E-state index in [2.05, 4.69) is 9.98 Å². The van der Waals surface area contributed by atoms with E-state index in [0.29, 0.717) is 0 Å². The Bertz CT molecular complexity index is 354. The van der Waals surface area contributed by atoms with Gasteiger partial charge in [0.05, 0.1) is 5.69 Å². The van der Waals surface area contributed by atoms with Crippen molar-refractivity contribution in [3.8, 4) is 0 Å². The van der Waals surface area contributed by atoms with E-state index in [9.17, 15) is 0 Å². The zero-order valence-corrected chi connectivity index (χ0v) is 8.21. The number of hydrogen-bond acceptors (Lipinski definition) is 3. The molecule has 0 saturated heterocycles. The van der Waals surface area contributed by atoms with Crippen molar-refractivity contribution in [1.82, 2.24) is 4.98 Å². The number of hydrogen-bond donors (Lipinski definition) is 0. The summed E-state index contributed by atoms with van der Waals surface area (Å²) in [5.41, 5.74) is 2.12. The van der Waals surface area contributed by atoms with Crippen LogP contribution in [0, 0.1) is 0 Å². The molecule has 0 radical (unpaired) electrons. The van der Waals surface area contributed by atoms with Crippen molar-refractivity contribution >= 4 is 16.8 Å². The van der Waals surface area contributed by atoms with E-state index in [1.54, 1.807) is 18.0 Å². The first-order valence-electron chi connectivity index (χ1n) is 4.18. The minimum atomic E-state index is 0.975. The van der Waals surface area contributed by atoms with Gasteiger partial charge in [0.25, 0.3) is 0 Å². The quantitative estimate of drug-likeness (QED) is 0.679. The normalized spacial score (nSPS) is 19.2. The van der Waals surface area contributed by atoms with Gasteiger partial charge in [0.15, 0.2) is 0 Å². The average molecular weight is 190 g/mol. The van der Waals surface area contributed by atoms with Crippen LogP contribution in [0.4, 0.5) is 0 Å². The van der Waals surface area contributed by atoms with Crippen molar-refractivity contribution in [1.29, 1.82) is 0 Å². The molecule has 2 nitrogen and oxygen atoms in total. The first-order valence-corrected chi connectivity index (χ1v) is 5.17. The standard InChI is InChI=1S/C10H10N2S/c1-2-8-7-13-10(12-8)9-5-3-4-6-11-9/h2-6H,7H2,1H3/b8-2-. The van der Waals surface area contributed by atoms with Crippen LogP contribution in [-0.2, 0) is 0 Å². The highest BCUT2D eigenvalue weighted by atomic mass is 32.2. The van der Waals surface area contributed by atoms with Gasteiger partial charge in [-0.3, -0.25) is 4.98 Å². The fourth-order valence-electron chi connectivity index (χ4n) is 1.11. The maximum Gasteiger partial charge on any atom is 0.122 e. The van der Waals surface area contributed by atoms with Gasteiger partial charge in [0.2, 0.25) is 0 Å². The van der Waals surface area contributed by atoms with Gasteiger partial charge >= 0.3 is 0 Å². The number of thioether (sulfide) groups is 1. The molecule has 0 aliphatic carbocycles. The Kier molecular flexibility index (Phi) is 2.45. The van der Waals surface area contributed by atoms with Gasteiger partial charge in [-0.1, -0.05) is 23.9 Å². The first-order chi connectivity index (χ1) is 6.40. The molecule has 0 bridgehead atoms. The maximum absolute atomic E-state index is 4.46. The Labute approximate surface area is 81.8 Å². The Morgan fingerprint density at radius 1 is 1.46 bits per heavy atom. The van der Waals surface area contributed by atoms with Crippen LogP contribution in [0.5, 0.6) is 0 Å². The largest absolute Gasteiger partial charge is 0.254 e. The van der Waals surface area contributed by atoms with Crippen LogP contribution >= 0.6 is 11.8 Å². The lowest BCUT2D eigenvalue weighted by Gasteiger charge is -1.94. The summed E-state index contributed by atoms with van der Waals surface area (Å²) in [6.45, 7) is 2.01. The predicted octanol–water partition coefficient (Wildman–Crippen LogP) is 2.48. The van der Waals surface area contributed by atoms with E-state index >= 15 is 0 Å². The second-order valence-corrected chi connectivity index (χ2v) is 3.66. The van der Waals surface area contributed by atoms with Crippen LogP contribution < -0.4 is 0 Å². The second kappa shape index (κ2) is 3.75. The van der Waals surface area contributed by atoms with Gasteiger partial charge in [-0.25, -0.2) is 4.99 Å². The average Bonchev–Trinajstić information content (AvgIpc) is 2.67. The third-order valence-corrected chi connectivity index (χ3v) is 2.83. The van der Waals surface area contributed by atoms with E-state index in [4.69, 9.17) is 0 Å². The number of pyridine rings is 1. The molecule has 0 fully saturated rings. The van der Waals surface area contributed by atoms with Gasteiger partial charge in [-0.05, 0) is 19.1 Å². The highest BCUT2D eigenvalue weighted by molar-refractivity contribution is 8.14. The van der Waals surface area contributed by atoms with E-state index in [0.717, 1.165) is 22.2 Å². The molecular weight excluding hydrogens is 180 g/mol. The summed E-state index contributed by atoms with van der Waals surface area (Å²) < 4.78 is 0. The summed E-state index contributed by atoms with van der Waals surface area (Å²) in [6, 6.07) is 5.89. The Morgan fingerprint density at radius 2 is 2.38 bits per heavy atom. The van der Waals surface area contributed by atoms with Crippen LogP contribution in [-0.4, -0.2) is 15.8 Å². The van der Waals surface area contributed by atoms with Gasteiger partial charge in [0.1, 0.15) is 5.04 Å². The molecule has 2 rings (SSSR count).